The quantitative estimate of drug-likeness (QED) is 0.595. The lowest BCUT2D eigenvalue weighted by molar-refractivity contribution is 0.0330. The van der Waals surface area contributed by atoms with Crippen LogP contribution in [0.3, 0.4) is 0 Å². The van der Waals surface area contributed by atoms with Gasteiger partial charge in [0.1, 0.15) is 0 Å². The van der Waals surface area contributed by atoms with Crippen molar-refractivity contribution >= 4 is 0 Å². The van der Waals surface area contributed by atoms with E-state index in [9.17, 15) is 0 Å². The van der Waals surface area contributed by atoms with E-state index in [-0.39, 0.29) is 5.54 Å². The van der Waals surface area contributed by atoms with Crippen molar-refractivity contribution < 1.29 is 0 Å². The summed E-state index contributed by atoms with van der Waals surface area (Å²) < 4.78 is 0. The normalized spacial score (nSPS) is 24.1. The molecule has 0 aliphatic heterocycles. The number of hydrogen-bond donors (Lipinski definition) is 2. The summed E-state index contributed by atoms with van der Waals surface area (Å²) in [7, 11) is 0. The van der Waals surface area contributed by atoms with Crippen molar-refractivity contribution in [3.05, 3.63) is 0 Å². The molecular weight excluding hydrogens is 220 g/mol. The maximum atomic E-state index is 6.10. The molecule has 3 N–H and O–H groups in total. The number of nitrogens with two attached hydrogens (primary N) is 1. The fraction of sp³-hybridized carbons (Fsp3) is 0.875. The molecule has 0 saturated heterocycles. The third-order valence-corrected chi connectivity index (χ3v) is 3.91. The maximum Gasteiger partial charge on any atom is 0.0314 e. The zero-order chi connectivity index (χ0) is 13.9. The van der Waals surface area contributed by atoms with Gasteiger partial charge < -0.3 is 11.1 Å². The van der Waals surface area contributed by atoms with Crippen LogP contribution >= 0.6 is 0 Å². The first kappa shape index (κ1) is 15.5. The minimum Gasteiger partial charge on any atom is -0.329 e. The van der Waals surface area contributed by atoms with Crippen molar-refractivity contribution in [1.29, 1.82) is 0 Å². The van der Waals surface area contributed by atoms with Gasteiger partial charge in [0, 0.05) is 25.0 Å². The molecule has 0 spiro atoms. The summed E-state index contributed by atoms with van der Waals surface area (Å²) >= 11 is 0. The monoisotopic (exact) mass is 250 g/mol. The average molecular weight is 250 g/mol. The fourth-order valence-corrected chi connectivity index (χ4v) is 4.17. The summed E-state index contributed by atoms with van der Waals surface area (Å²) in [5, 5.41) is 3.70. The number of nitrogens with one attached hydrogen (secondary N) is 1. The first-order valence-corrected chi connectivity index (χ1v) is 7.09. The summed E-state index contributed by atoms with van der Waals surface area (Å²) in [6.45, 7) is 13.0. The van der Waals surface area contributed by atoms with Crippen LogP contribution in [0, 0.1) is 22.7 Å². The standard InChI is InChI=1S/C16H30N2/c1-6-7-8-9-18-16(13-17)11-14(2,3)10-15(4,5)12-16/h18H,8-13,17H2,1-5H3. The average Bonchev–Trinajstić information content (AvgIpc) is 2.20. The molecule has 0 atom stereocenters. The first-order chi connectivity index (χ1) is 8.24. The van der Waals surface area contributed by atoms with Gasteiger partial charge in [-0.2, -0.15) is 0 Å². The van der Waals surface area contributed by atoms with Gasteiger partial charge in [-0.3, -0.25) is 0 Å². The van der Waals surface area contributed by atoms with Crippen LogP contribution in [0.4, 0.5) is 0 Å². The summed E-state index contributed by atoms with van der Waals surface area (Å²) in [5.74, 6) is 6.06. The summed E-state index contributed by atoms with van der Waals surface area (Å²) in [5.41, 5.74) is 6.93. The molecule has 1 fully saturated rings. The second-order valence-corrected chi connectivity index (χ2v) is 7.45. The van der Waals surface area contributed by atoms with Gasteiger partial charge >= 0.3 is 0 Å². The zero-order valence-corrected chi connectivity index (χ0v) is 12.8. The topological polar surface area (TPSA) is 38.0 Å². The van der Waals surface area contributed by atoms with Gasteiger partial charge in [0.25, 0.3) is 0 Å². The molecule has 0 aromatic carbocycles. The van der Waals surface area contributed by atoms with E-state index in [2.05, 4.69) is 44.9 Å². The highest BCUT2D eigenvalue weighted by Crippen LogP contribution is 2.49. The Labute approximate surface area is 113 Å². The predicted octanol–water partition coefficient (Wildman–Crippen LogP) is 2.92. The van der Waals surface area contributed by atoms with Crippen LogP contribution in [0.2, 0.25) is 0 Å². The summed E-state index contributed by atoms with van der Waals surface area (Å²) in [4.78, 5) is 0. The Morgan fingerprint density at radius 3 is 2.06 bits per heavy atom. The van der Waals surface area contributed by atoms with E-state index in [1.165, 1.54) is 19.3 Å². The Kier molecular flexibility index (Phi) is 4.86. The largest absolute Gasteiger partial charge is 0.329 e. The van der Waals surface area contributed by atoms with Crippen LogP contribution in [-0.4, -0.2) is 18.6 Å². The molecule has 0 unspecified atom stereocenters. The van der Waals surface area contributed by atoms with Crippen LogP contribution in [0.1, 0.15) is 60.3 Å². The molecular formula is C16H30N2. The predicted molar refractivity (Wildman–Crippen MR) is 79.3 cm³/mol. The van der Waals surface area contributed by atoms with Gasteiger partial charge in [0.2, 0.25) is 0 Å². The third-order valence-electron chi connectivity index (χ3n) is 3.91. The lowest BCUT2D eigenvalue weighted by Gasteiger charge is -2.52. The molecule has 2 heteroatoms. The van der Waals surface area contributed by atoms with Crippen molar-refractivity contribution in [2.45, 2.75) is 65.8 Å². The Bertz CT molecular complexity index is 315. The van der Waals surface area contributed by atoms with E-state index in [4.69, 9.17) is 5.73 Å². The molecule has 0 heterocycles. The molecule has 0 radical (unpaired) electrons. The van der Waals surface area contributed by atoms with Gasteiger partial charge in [-0.25, -0.2) is 0 Å². The van der Waals surface area contributed by atoms with Crippen LogP contribution in [-0.2, 0) is 0 Å². The minimum atomic E-state index is 0.0979. The molecule has 1 rings (SSSR count). The highest BCUT2D eigenvalue weighted by atomic mass is 15.0. The SMILES string of the molecule is CC#CCCNC1(CN)CC(C)(C)CC(C)(C)C1. The Morgan fingerprint density at radius 2 is 1.61 bits per heavy atom. The van der Waals surface area contributed by atoms with Crippen molar-refractivity contribution in [2.75, 3.05) is 13.1 Å². The highest BCUT2D eigenvalue weighted by molar-refractivity contribution is 5.04. The maximum absolute atomic E-state index is 6.10. The van der Waals surface area contributed by atoms with E-state index in [0.29, 0.717) is 10.8 Å². The molecule has 18 heavy (non-hydrogen) atoms. The highest BCUT2D eigenvalue weighted by Gasteiger charge is 2.46. The van der Waals surface area contributed by atoms with E-state index >= 15 is 0 Å². The van der Waals surface area contributed by atoms with Crippen molar-refractivity contribution in [3.63, 3.8) is 0 Å². The fourth-order valence-electron chi connectivity index (χ4n) is 4.17. The van der Waals surface area contributed by atoms with Crippen LogP contribution in [0.5, 0.6) is 0 Å². The molecule has 1 saturated carbocycles. The zero-order valence-electron chi connectivity index (χ0n) is 12.8. The number of hydrogen-bond acceptors (Lipinski definition) is 2. The van der Waals surface area contributed by atoms with Crippen LogP contribution < -0.4 is 11.1 Å². The minimum absolute atomic E-state index is 0.0979. The van der Waals surface area contributed by atoms with E-state index < -0.39 is 0 Å². The second kappa shape index (κ2) is 5.63. The Balaban J connectivity index is 2.74. The third kappa shape index (κ3) is 4.30. The molecule has 0 bridgehead atoms. The van der Waals surface area contributed by atoms with Crippen molar-refractivity contribution in [1.82, 2.24) is 5.32 Å². The van der Waals surface area contributed by atoms with Crippen LogP contribution in [0.25, 0.3) is 0 Å². The van der Waals surface area contributed by atoms with Crippen molar-refractivity contribution in [2.24, 2.45) is 16.6 Å². The molecule has 1 aliphatic rings. The van der Waals surface area contributed by atoms with Crippen LogP contribution in [0.15, 0.2) is 0 Å². The van der Waals surface area contributed by atoms with Crippen molar-refractivity contribution in [3.8, 4) is 11.8 Å². The molecule has 104 valence electrons. The lowest BCUT2D eigenvalue weighted by atomic mass is 9.58. The smallest absolute Gasteiger partial charge is 0.0314 e. The second-order valence-electron chi connectivity index (χ2n) is 7.45. The van der Waals surface area contributed by atoms with Gasteiger partial charge in [0.15, 0.2) is 0 Å². The Hall–Kier alpha value is -0.520. The summed E-state index contributed by atoms with van der Waals surface area (Å²) in [6.07, 6.45) is 4.52. The van der Waals surface area contributed by atoms with E-state index in [1.807, 2.05) is 6.92 Å². The molecule has 0 amide bonds. The van der Waals surface area contributed by atoms with E-state index in [0.717, 1.165) is 19.5 Å². The van der Waals surface area contributed by atoms with Gasteiger partial charge in [-0.05, 0) is 37.0 Å². The lowest BCUT2D eigenvalue weighted by Crippen LogP contribution is -2.59. The van der Waals surface area contributed by atoms with Gasteiger partial charge in [-0.15, -0.1) is 11.8 Å². The number of rotatable bonds is 4. The molecule has 2 nitrogen and oxygen atoms in total. The van der Waals surface area contributed by atoms with Gasteiger partial charge in [-0.1, -0.05) is 27.7 Å². The van der Waals surface area contributed by atoms with E-state index in [1.54, 1.807) is 0 Å². The molecule has 0 aromatic heterocycles. The Morgan fingerprint density at radius 1 is 1.06 bits per heavy atom. The van der Waals surface area contributed by atoms with Gasteiger partial charge in [0.05, 0.1) is 0 Å². The summed E-state index contributed by atoms with van der Waals surface area (Å²) in [6, 6.07) is 0. The molecule has 1 aliphatic carbocycles. The molecule has 0 aromatic rings. The first-order valence-electron chi connectivity index (χ1n) is 7.09.